The summed E-state index contributed by atoms with van der Waals surface area (Å²) in [5, 5.41) is 12.1. The van der Waals surface area contributed by atoms with E-state index in [0.29, 0.717) is 27.7 Å². The summed E-state index contributed by atoms with van der Waals surface area (Å²) >= 11 is 7.40. The summed E-state index contributed by atoms with van der Waals surface area (Å²) < 4.78 is 1.83. The maximum Gasteiger partial charge on any atom is 0.265 e. The van der Waals surface area contributed by atoms with Crippen molar-refractivity contribution >= 4 is 50.7 Å². The minimum Gasteiger partial charge on any atom is -0.346 e. The smallest absolute Gasteiger partial charge is 0.265 e. The molecule has 0 fully saturated rings. The van der Waals surface area contributed by atoms with Gasteiger partial charge in [-0.15, -0.1) is 11.3 Å². The van der Waals surface area contributed by atoms with Crippen molar-refractivity contribution in [1.82, 2.24) is 15.1 Å². The van der Waals surface area contributed by atoms with Crippen molar-refractivity contribution in [2.24, 2.45) is 0 Å². The van der Waals surface area contributed by atoms with Crippen LogP contribution < -0.4 is 15.5 Å². The number of rotatable bonds is 9. The van der Waals surface area contributed by atoms with Gasteiger partial charge in [-0.1, -0.05) is 11.6 Å². The largest absolute Gasteiger partial charge is 0.346 e. The molecule has 4 rings (SSSR count). The van der Waals surface area contributed by atoms with E-state index in [4.69, 9.17) is 11.6 Å². The predicted octanol–water partition coefficient (Wildman–Crippen LogP) is 3.96. The zero-order chi connectivity index (χ0) is 24.9. The normalized spacial score (nSPS) is 11.2. The Hall–Kier alpha value is -3.20. The molecule has 4 aromatic rings. The number of nitrogens with zero attached hydrogens (tertiary/aromatic N) is 2. The number of thiophene rings is 1. The third kappa shape index (κ3) is 5.73. The number of hydrogen-bond donors (Lipinski definition) is 3. The van der Waals surface area contributed by atoms with Gasteiger partial charge in [0.25, 0.3) is 11.8 Å². The molecule has 0 aliphatic heterocycles. The van der Waals surface area contributed by atoms with Gasteiger partial charge in [0.1, 0.15) is 4.83 Å². The molecule has 3 N–H and O–H groups in total. The Bertz CT molecular complexity index is 1320. The molecule has 2 heterocycles. The zero-order valence-electron chi connectivity index (χ0n) is 20.0. The molecule has 35 heavy (non-hydrogen) atoms. The number of nitrogens with one attached hydrogen (secondary N) is 3. The van der Waals surface area contributed by atoms with Gasteiger partial charge >= 0.3 is 0 Å². The Morgan fingerprint density at radius 1 is 1.03 bits per heavy atom. The third-order valence-corrected chi connectivity index (χ3v) is 7.37. The van der Waals surface area contributed by atoms with Gasteiger partial charge in [-0.05, 0) is 75.4 Å². The summed E-state index contributed by atoms with van der Waals surface area (Å²) in [6.07, 6.45) is 0. The average Bonchev–Trinajstić information content (AvgIpc) is 3.43. The number of carbonyl (C=O) groups excluding carboxylic acids is 2. The van der Waals surface area contributed by atoms with Crippen LogP contribution in [0.1, 0.15) is 39.6 Å². The molecule has 2 aromatic heterocycles. The van der Waals surface area contributed by atoms with Crippen LogP contribution in [-0.2, 0) is 0 Å². The van der Waals surface area contributed by atoms with E-state index in [2.05, 4.69) is 29.6 Å². The van der Waals surface area contributed by atoms with Gasteiger partial charge in [0, 0.05) is 21.7 Å². The summed E-state index contributed by atoms with van der Waals surface area (Å²) in [5.74, 6) is -0.311. The Kier molecular flexibility index (Phi) is 7.85. The van der Waals surface area contributed by atoms with E-state index < -0.39 is 0 Å². The van der Waals surface area contributed by atoms with Gasteiger partial charge in [0.15, 0.2) is 0 Å². The van der Waals surface area contributed by atoms with Crippen molar-refractivity contribution in [2.45, 2.75) is 20.8 Å². The number of hydrogen-bond acceptors (Lipinski definition) is 4. The molecule has 9 heteroatoms. The first-order chi connectivity index (χ1) is 16.9. The second kappa shape index (κ2) is 11.0. The zero-order valence-corrected chi connectivity index (χ0v) is 21.6. The van der Waals surface area contributed by atoms with Crippen LogP contribution in [0.25, 0.3) is 15.9 Å². The molecule has 0 aliphatic rings. The third-order valence-electron chi connectivity index (χ3n) is 6.01. The second-order valence-electron chi connectivity index (χ2n) is 8.30. The number of benzene rings is 2. The average molecular weight is 511 g/mol. The van der Waals surface area contributed by atoms with E-state index in [1.165, 1.54) is 16.2 Å². The van der Waals surface area contributed by atoms with Crippen LogP contribution in [-0.4, -0.2) is 47.8 Å². The first-order valence-electron chi connectivity index (χ1n) is 11.7. The molecule has 0 spiro atoms. The maximum absolute atomic E-state index is 12.9. The molecular formula is C26H29ClN5O2S+. The molecular weight excluding hydrogens is 482 g/mol. The van der Waals surface area contributed by atoms with Crippen LogP contribution in [0.15, 0.2) is 54.6 Å². The quantitative estimate of drug-likeness (QED) is 0.319. The molecule has 0 unspecified atom stereocenters. The Balaban J connectivity index is 1.42. The molecule has 0 bridgehead atoms. The van der Waals surface area contributed by atoms with Crippen LogP contribution in [0.2, 0.25) is 5.02 Å². The molecule has 0 radical (unpaired) electrons. The highest BCUT2D eigenvalue weighted by molar-refractivity contribution is 7.20. The Morgan fingerprint density at radius 3 is 2.37 bits per heavy atom. The first kappa shape index (κ1) is 24.9. The molecule has 7 nitrogen and oxygen atoms in total. The van der Waals surface area contributed by atoms with Gasteiger partial charge in [-0.3, -0.25) is 9.59 Å². The molecule has 182 valence electrons. The first-order valence-corrected chi connectivity index (χ1v) is 12.9. The van der Waals surface area contributed by atoms with Crippen LogP contribution in [0.3, 0.4) is 0 Å². The van der Waals surface area contributed by atoms with Crippen LogP contribution in [0.5, 0.6) is 0 Å². The van der Waals surface area contributed by atoms with Crippen LogP contribution >= 0.6 is 22.9 Å². The predicted molar refractivity (Wildman–Crippen MR) is 142 cm³/mol. The summed E-state index contributed by atoms with van der Waals surface area (Å²) in [5.41, 5.74) is 2.93. The highest BCUT2D eigenvalue weighted by Crippen LogP contribution is 2.31. The van der Waals surface area contributed by atoms with Crippen molar-refractivity contribution in [3.8, 4) is 5.69 Å². The van der Waals surface area contributed by atoms with E-state index in [1.54, 1.807) is 24.3 Å². The Labute approximate surface area is 213 Å². The number of aryl methyl sites for hydroxylation is 1. The van der Waals surface area contributed by atoms with Gasteiger partial charge in [0.05, 0.1) is 42.4 Å². The van der Waals surface area contributed by atoms with E-state index in [0.717, 1.165) is 41.2 Å². The van der Waals surface area contributed by atoms with Gasteiger partial charge in [-0.25, -0.2) is 4.68 Å². The van der Waals surface area contributed by atoms with Crippen LogP contribution in [0, 0.1) is 6.92 Å². The van der Waals surface area contributed by atoms with Crippen molar-refractivity contribution < 1.29 is 14.5 Å². The molecule has 0 saturated carbocycles. The number of anilines is 1. The minimum atomic E-state index is -0.201. The second-order valence-corrected chi connectivity index (χ2v) is 9.76. The number of likely N-dealkylation sites (N-methyl/N-ethyl adjacent to an activating group) is 1. The van der Waals surface area contributed by atoms with Crippen molar-refractivity contribution in [3.63, 3.8) is 0 Å². The van der Waals surface area contributed by atoms with E-state index in [9.17, 15) is 9.59 Å². The van der Waals surface area contributed by atoms with Gasteiger partial charge in [-0.2, -0.15) is 5.10 Å². The molecule has 0 atom stereocenters. The summed E-state index contributed by atoms with van der Waals surface area (Å²) in [4.78, 5) is 28.3. The van der Waals surface area contributed by atoms with Gasteiger partial charge in [0.2, 0.25) is 0 Å². The summed E-state index contributed by atoms with van der Waals surface area (Å²) in [6, 6.07) is 16.2. The lowest BCUT2D eigenvalue weighted by molar-refractivity contribution is -0.895. The van der Waals surface area contributed by atoms with Gasteiger partial charge < -0.3 is 15.5 Å². The van der Waals surface area contributed by atoms with E-state index in [1.807, 2.05) is 41.9 Å². The number of halogens is 1. The highest BCUT2D eigenvalue weighted by Gasteiger charge is 2.17. The van der Waals surface area contributed by atoms with Crippen molar-refractivity contribution in [3.05, 3.63) is 75.8 Å². The fourth-order valence-electron chi connectivity index (χ4n) is 3.87. The topological polar surface area (TPSA) is 80.5 Å². The monoisotopic (exact) mass is 510 g/mol. The maximum atomic E-state index is 12.9. The number of amides is 2. The highest BCUT2D eigenvalue weighted by atomic mass is 35.5. The number of carbonyl (C=O) groups is 2. The summed E-state index contributed by atoms with van der Waals surface area (Å²) in [7, 11) is 0. The molecule has 0 saturated heterocycles. The number of aromatic nitrogens is 2. The fraction of sp³-hybridized carbons (Fsp3) is 0.269. The van der Waals surface area contributed by atoms with Crippen molar-refractivity contribution in [1.29, 1.82) is 0 Å². The fourth-order valence-corrected chi connectivity index (χ4v) is 5.08. The van der Waals surface area contributed by atoms with Crippen LogP contribution in [0.4, 0.5) is 5.69 Å². The minimum absolute atomic E-state index is 0.110. The molecule has 2 amide bonds. The lowest BCUT2D eigenvalue weighted by atomic mass is 10.2. The molecule has 0 aliphatic carbocycles. The Morgan fingerprint density at radius 2 is 1.71 bits per heavy atom. The standard InChI is InChI=1S/C26H28ClN5O2S/c1-4-31(5-2)15-14-28-24(33)18-6-10-20(11-7-18)29-25(34)23-16-22-17(3)30-32(26(22)35-23)21-12-8-19(27)9-13-21/h6-13,16H,4-5,14-15H2,1-3H3,(H,28,33)(H,29,34)/p+1. The summed E-state index contributed by atoms with van der Waals surface area (Å²) in [6.45, 7) is 9.82. The van der Waals surface area contributed by atoms with E-state index >= 15 is 0 Å². The number of quaternary nitrogens is 1. The van der Waals surface area contributed by atoms with E-state index in [-0.39, 0.29) is 11.8 Å². The lowest BCUT2D eigenvalue weighted by Gasteiger charge is -2.15. The van der Waals surface area contributed by atoms with Crippen molar-refractivity contribution in [2.75, 3.05) is 31.5 Å². The molecule has 2 aromatic carbocycles. The SMILES string of the molecule is CC[NH+](CC)CCNC(=O)c1ccc(NC(=O)c2cc3c(C)nn(-c4ccc(Cl)cc4)c3s2)cc1. The lowest BCUT2D eigenvalue weighted by Crippen LogP contribution is -3.12. The number of fused-ring (bicyclic) bond motifs is 1.